The summed E-state index contributed by atoms with van der Waals surface area (Å²) in [5.41, 5.74) is 42.3. The van der Waals surface area contributed by atoms with Crippen molar-refractivity contribution in [3.63, 3.8) is 0 Å². The van der Waals surface area contributed by atoms with Crippen LogP contribution in [-0.4, -0.2) is 13.7 Å². The Morgan fingerprint density at radius 3 is 1.32 bits per heavy atom. The molecule has 0 fully saturated rings. The maximum atomic E-state index is 9.87. The zero-order valence-electron chi connectivity index (χ0n) is 73.3. The minimum atomic E-state index is -0.540. The molecule has 26 aromatic rings. The molecule has 3 aliphatic carbocycles. The normalized spacial score (nSPS) is 15.8. The molecular weight excluding hydrogens is 1700 g/mol. The van der Waals surface area contributed by atoms with E-state index >= 15 is 0 Å². The Kier molecular flexibility index (Phi) is 15.5. The second-order valence-electron chi connectivity index (χ2n) is 37.0. The Balaban J connectivity index is 0.0000000988. The molecule has 3 aliphatic heterocycles. The first-order valence-electron chi connectivity index (χ1n) is 46.6. The fourth-order valence-corrected chi connectivity index (χ4v) is 28.1. The van der Waals surface area contributed by atoms with Crippen LogP contribution in [0.2, 0.25) is 0 Å². The third kappa shape index (κ3) is 9.73. The van der Waals surface area contributed by atoms with Gasteiger partial charge < -0.3 is 13.6 Å². The highest BCUT2D eigenvalue weighted by atomic mass is 32.1. The largest absolute Gasteiger partial charge is 0.439 e. The van der Waals surface area contributed by atoms with Crippen LogP contribution in [0.25, 0.3) is 206 Å². The highest BCUT2D eigenvalue weighted by molar-refractivity contribution is 7.27. The molecule has 0 radical (unpaired) electrons. The third-order valence-electron chi connectivity index (χ3n) is 30.9. The van der Waals surface area contributed by atoms with Gasteiger partial charge in [0.25, 0.3) is 0 Å². The fraction of sp³-hybridized carbons (Fsp3) is 0.0234. The number of thiophene rings is 2. The van der Waals surface area contributed by atoms with E-state index in [4.69, 9.17) is 11.0 Å². The van der Waals surface area contributed by atoms with Crippen molar-refractivity contribution in [1.82, 2.24) is 13.7 Å². The van der Waals surface area contributed by atoms with E-state index in [2.05, 4.69) is 401 Å². The Bertz CT molecular complexity index is 10100. The average Bonchev–Trinajstić information content (AvgIpc) is 1.51. The minimum absolute atomic E-state index is 0.436. The molecule has 0 N–H and O–H groups in total. The van der Waals surface area contributed by atoms with E-state index in [1.54, 1.807) is 0 Å². The lowest BCUT2D eigenvalue weighted by Crippen LogP contribution is -2.33. The molecule has 32 rings (SSSR count). The molecule has 0 bridgehead atoms. The fourth-order valence-electron chi connectivity index (χ4n) is 25.6. The molecule has 3 atom stereocenters. The Morgan fingerprint density at radius 2 is 0.693 bits per heavy atom. The van der Waals surface area contributed by atoms with Gasteiger partial charge in [-0.15, -0.1) is 22.7 Å². The number of fused-ring (bicyclic) bond motifs is 45. The molecule has 3 spiro atoms. The van der Waals surface area contributed by atoms with Gasteiger partial charge >= 0.3 is 0 Å². The lowest BCUT2D eigenvalue weighted by Gasteiger charge is -2.39. The lowest BCUT2D eigenvalue weighted by atomic mass is 9.65. The summed E-state index contributed by atoms with van der Waals surface area (Å²) in [4.78, 5) is 3.77. The predicted octanol–water partition coefficient (Wildman–Crippen LogP) is 33.2. The quantitative estimate of drug-likeness (QED) is 0.165. The zero-order chi connectivity index (χ0) is 90.0. The monoisotopic (exact) mass is 1770 g/mol. The maximum absolute atomic E-state index is 9.87. The summed E-state index contributed by atoms with van der Waals surface area (Å²) in [5, 5.41) is 32.6. The number of para-hydroxylation sites is 7. The van der Waals surface area contributed by atoms with Crippen molar-refractivity contribution >= 4 is 145 Å². The van der Waals surface area contributed by atoms with Crippen molar-refractivity contribution in [3.8, 4) is 96.0 Å². The zero-order valence-corrected chi connectivity index (χ0v) is 75.0. The molecule has 137 heavy (non-hydrogen) atoms. The summed E-state index contributed by atoms with van der Waals surface area (Å²) in [6.07, 6.45) is 0. The van der Waals surface area contributed by atoms with Crippen molar-refractivity contribution in [2.24, 2.45) is 0 Å². The van der Waals surface area contributed by atoms with Crippen LogP contribution >= 0.6 is 22.7 Å². The third-order valence-corrected chi connectivity index (χ3v) is 33.3. The first-order valence-corrected chi connectivity index (χ1v) is 48.2. The van der Waals surface area contributed by atoms with E-state index in [0.717, 1.165) is 60.8 Å². The molecule has 6 aromatic heterocycles. The second-order valence-corrected chi connectivity index (χ2v) is 39.1. The molecule has 9 heterocycles. The topological polar surface area (TPSA) is 79.9 Å². The molecule has 0 saturated carbocycles. The van der Waals surface area contributed by atoms with E-state index in [1.165, 1.54) is 207 Å². The number of benzene rings is 20. The van der Waals surface area contributed by atoms with E-state index in [-0.39, 0.29) is 0 Å². The van der Waals surface area contributed by atoms with Crippen LogP contribution in [-0.2, 0) is 16.2 Å². The molecule has 7 nitrogen and oxygen atoms in total. The van der Waals surface area contributed by atoms with Crippen molar-refractivity contribution in [1.29, 1.82) is 10.5 Å². The molecular formula is C128H70N6OS2. The molecule has 6 aliphatic rings. The van der Waals surface area contributed by atoms with E-state index in [0.29, 0.717) is 16.8 Å². The van der Waals surface area contributed by atoms with Gasteiger partial charge in [0.1, 0.15) is 5.58 Å². The van der Waals surface area contributed by atoms with Crippen molar-refractivity contribution in [2.45, 2.75) is 16.2 Å². The van der Waals surface area contributed by atoms with Crippen molar-refractivity contribution in [2.75, 3.05) is 0 Å². The molecule has 0 amide bonds. The van der Waals surface area contributed by atoms with Gasteiger partial charge in [-0.2, -0.15) is 10.5 Å². The summed E-state index contributed by atoms with van der Waals surface area (Å²) in [6.45, 7) is 7.67. The van der Waals surface area contributed by atoms with Crippen LogP contribution in [0, 0.1) is 29.2 Å². The van der Waals surface area contributed by atoms with Gasteiger partial charge in [-0.25, -0.2) is 4.85 Å². The van der Waals surface area contributed by atoms with Gasteiger partial charge in [0.05, 0.1) is 101 Å². The highest BCUT2D eigenvalue weighted by Gasteiger charge is 2.55. The van der Waals surface area contributed by atoms with Gasteiger partial charge in [-0.05, 0) is 218 Å². The lowest BCUT2D eigenvalue weighted by molar-refractivity contribution is 0.639. The summed E-state index contributed by atoms with van der Waals surface area (Å²) >= 11 is 3.80. The number of rotatable bonds is 3. The van der Waals surface area contributed by atoms with Gasteiger partial charge in [0.15, 0.2) is 5.69 Å². The Hall–Kier alpha value is -17.8. The SMILES string of the molecule is N#Cc1ccc(-c2ccc(-c3ccc4c(c3)C3(c5ccccc5-4)c4ccccc4-n4c5ccc6c7ccccc7sc6c5c5cccc3c54)cc2)cc1.N#Cc1ccc(-c2ccc3c(c2)C2(c4ccccc4-3)c3ccccc3-n3c4oc5ccccc5c4c4cccc2c43)c2ccccc12.[C-]#[N+]c1ccc2c(c1)-c1ccccc1C21c2ccccc2-n2c3c1cccc3c1sc3ccccc3c12. The van der Waals surface area contributed by atoms with Crippen LogP contribution in [0.1, 0.15) is 77.9 Å². The highest BCUT2D eigenvalue weighted by Crippen LogP contribution is 2.67. The van der Waals surface area contributed by atoms with Crippen molar-refractivity contribution < 1.29 is 4.42 Å². The molecule has 3 unspecified atom stereocenters. The van der Waals surface area contributed by atoms with Crippen LogP contribution in [0.3, 0.4) is 0 Å². The first kappa shape index (κ1) is 75.9. The van der Waals surface area contributed by atoms with Gasteiger partial charge in [-0.3, -0.25) is 4.57 Å². The first-order chi connectivity index (χ1) is 67.8. The van der Waals surface area contributed by atoms with Crippen molar-refractivity contribution in [3.05, 3.63) is 514 Å². The van der Waals surface area contributed by atoms with Crippen LogP contribution < -0.4 is 0 Å². The Morgan fingerprint density at radius 1 is 0.263 bits per heavy atom. The molecule has 20 aromatic carbocycles. The minimum Gasteiger partial charge on any atom is -0.439 e. The number of hydrogen-bond acceptors (Lipinski definition) is 5. The van der Waals surface area contributed by atoms with E-state index in [9.17, 15) is 10.5 Å². The maximum Gasteiger partial charge on any atom is 0.213 e. The number of hydrogen-bond donors (Lipinski definition) is 0. The predicted molar refractivity (Wildman–Crippen MR) is 562 cm³/mol. The number of nitriles is 2. The smallest absolute Gasteiger partial charge is 0.213 e. The van der Waals surface area contributed by atoms with E-state index in [1.807, 2.05) is 77.3 Å². The number of furan rings is 1. The second kappa shape index (κ2) is 27.9. The Labute approximate surface area is 794 Å². The number of aromatic nitrogens is 3. The van der Waals surface area contributed by atoms with Crippen LogP contribution in [0.5, 0.6) is 0 Å². The molecule has 630 valence electrons. The van der Waals surface area contributed by atoms with E-state index < -0.39 is 16.2 Å². The standard InChI is InChI=1S/C50H28N2S.C44H24N2O.C34H18N2S/c51-29-30-16-18-31(19-17-30)32-20-22-33(23-21-32)34-24-25-36-35-8-1-3-11-40(35)50(43(36)28-34)41-12-4-5-14-44(41)52-45-27-26-38-37-9-2-6-15-46(37)53-49(38)47(45)39-10-7-13-42(50)48(39)52;45-25-27-21-22-29(30-11-2-1-10-28(27)30)26-20-23-32-31-12-3-5-15-35(31)44(38(32)24-26)36-16-6-7-18-39(36)46-42-34(14-9-17-37(42)44)41-33-13-4-8-19-40(33)47-43(41)46;1-35-20-17-18-26-24(19-20)21-9-2-4-12-25(21)34(26)27-13-5-6-15-29(27)36-31-23(11-8-14-28(31)34)33-32(36)22-10-3-7-16-30(22)37-33/h1-28H;1-24H;2-19H. The molecule has 0 saturated heterocycles. The summed E-state index contributed by atoms with van der Waals surface area (Å²) in [5.74, 6) is 0. The summed E-state index contributed by atoms with van der Waals surface area (Å²) in [6, 6.07) is 159. The number of nitrogens with zero attached hydrogens (tertiary/aromatic N) is 6. The van der Waals surface area contributed by atoms with Gasteiger partial charge in [0.2, 0.25) is 5.71 Å². The van der Waals surface area contributed by atoms with Crippen LogP contribution in [0.15, 0.2) is 429 Å². The average molecular weight is 1770 g/mol. The van der Waals surface area contributed by atoms with Gasteiger partial charge in [-0.1, -0.05) is 346 Å². The summed E-state index contributed by atoms with van der Waals surface area (Å²) < 4.78 is 19.5. The van der Waals surface area contributed by atoms with Gasteiger partial charge in [0, 0.05) is 62.6 Å². The van der Waals surface area contributed by atoms with Crippen LogP contribution in [0.4, 0.5) is 5.69 Å². The summed E-state index contributed by atoms with van der Waals surface area (Å²) in [7, 11) is 0. The molecule has 9 heteroatoms.